The second kappa shape index (κ2) is 8.85. The molecule has 8 nitrogen and oxygen atoms in total. The summed E-state index contributed by atoms with van der Waals surface area (Å²) in [6.07, 6.45) is 0. The first-order valence-electron chi connectivity index (χ1n) is 6.05. The molecule has 0 aliphatic heterocycles. The maximum atomic E-state index is 11.9. The van der Waals surface area contributed by atoms with Crippen molar-refractivity contribution in [1.29, 1.82) is 0 Å². The molecule has 2 amide bonds. The Morgan fingerprint density at radius 1 is 1.14 bits per heavy atom. The standard InChI is InChI=1S/C13H15ClN2O6/c1-20-7-12(18)22-6-11(17)15-16-13(19)9-5-8(14)3-4-10(9)21-2/h3-5H,6-7H2,1-2H3,(H,15,17)(H,16,19). The molecule has 0 atom stereocenters. The van der Waals surface area contributed by atoms with E-state index in [1.54, 1.807) is 6.07 Å². The molecule has 0 radical (unpaired) electrons. The number of amides is 2. The Balaban J connectivity index is 2.51. The molecule has 0 bridgehead atoms. The summed E-state index contributed by atoms with van der Waals surface area (Å²) in [6.45, 7) is -0.811. The van der Waals surface area contributed by atoms with Crippen molar-refractivity contribution in [2.75, 3.05) is 27.4 Å². The van der Waals surface area contributed by atoms with Crippen LogP contribution in [0.5, 0.6) is 5.75 Å². The summed E-state index contributed by atoms with van der Waals surface area (Å²) >= 11 is 5.80. The van der Waals surface area contributed by atoms with Crippen LogP contribution in [0.4, 0.5) is 0 Å². The van der Waals surface area contributed by atoms with Gasteiger partial charge in [-0.3, -0.25) is 20.4 Å². The van der Waals surface area contributed by atoms with Crippen molar-refractivity contribution < 1.29 is 28.6 Å². The van der Waals surface area contributed by atoms with Crippen molar-refractivity contribution in [2.45, 2.75) is 0 Å². The Bertz CT molecular complexity index is 563. The van der Waals surface area contributed by atoms with Gasteiger partial charge >= 0.3 is 5.97 Å². The van der Waals surface area contributed by atoms with Crippen LogP contribution in [-0.4, -0.2) is 45.2 Å². The minimum absolute atomic E-state index is 0.145. The van der Waals surface area contributed by atoms with E-state index >= 15 is 0 Å². The van der Waals surface area contributed by atoms with E-state index in [0.717, 1.165) is 0 Å². The van der Waals surface area contributed by atoms with Gasteiger partial charge in [-0.25, -0.2) is 4.79 Å². The fourth-order valence-electron chi connectivity index (χ4n) is 1.39. The highest BCUT2D eigenvalue weighted by Crippen LogP contribution is 2.22. The summed E-state index contributed by atoms with van der Waals surface area (Å²) in [7, 11) is 2.72. The molecule has 0 saturated carbocycles. The molecule has 9 heteroatoms. The van der Waals surface area contributed by atoms with Crippen LogP contribution >= 0.6 is 11.6 Å². The number of hydrogen-bond acceptors (Lipinski definition) is 6. The van der Waals surface area contributed by atoms with Gasteiger partial charge in [0.15, 0.2) is 6.61 Å². The second-order valence-electron chi connectivity index (χ2n) is 3.94. The Morgan fingerprint density at radius 2 is 1.86 bits per heavy atom. The number of methoxy groups -OCH3 is 2. The number of carbonyl (C=O) groups excluding carboxylic acids is 3. The van der Waals surface area contributed by atoms with Crippen LogP contribution in [0, 0.1) is 0 Å². The summed E-state index contributed by atoms with van der Waals surface area (Å²) in [4.78, 5) is 34.3. The van der Waals surface area contributed by atoms with E-state index in [0.29, 0.717) is 10.8 Å². The average Bonchev–Trinajstić information content (AvgIpc) is 2.50. The third kappa shape index (κ3) is 5.58. The molecule has 120 valence electrons. The van der Waals surface area contributed by atoms with Crippen molar-refractivity contribution >= 4 is 29.4 Å². The second-order valence-corrected chi connectivity index (χ2v) is 4.38. The summed E-state index contributed by atoms with van der Waals surface area (Å²) in [6, 6.07) is 4.47. The highest BCUT2D eigenvalue weighted by Gasteiger charge is 2.14. The molecule has 0 fully saturated rings. The molecule has 0 spiro atoms. The van der Waals surface area contributed by atoms with Gasteiger partial charge in [-0.05, 0) is 18.2 Å². The number of nitrogens with one attached hydrogen (secondary N) is 2. The van der Waals surface area contributed by atoms with Crippen LogP contribution in [0.15, 0.2) is 18.2 Å². The Hall–Kier alpha value is -2.32. The first-order chi connectivity index (χ1) is 10.5. The van der Waals surface area contributed by atoms with Crippen LogP contribution in [0.2, 0.25) is 5.02 Å². The smallest absolute Gasteiger partial charge is 0.332 e. The van der Waals surface area contributed by atoms with Gasteiger partial charge in [-0.15, -0.1) is 0 Å². The molecule has 1 aromatic rings. The maximum absolute atomic E-state index is 11.9. The molecule has 0 aliphatic carbocycles. The third-order valence-corrected chi connectivity index (χ3v) is 2.58. The van der Waals surface area contributed by atoms with Gasteiger partial charge in [0, 0.05) is 12.1 Å². The van der Waals surface area contributed by atoms with Crippen LogP contribution in [0.25, 0.3) is 0 Å². The zero-order valence-corrected chi connectivity index (χ0v) is 12.7. The number of hydrogen-bond donors (Lipinski definition) is 2. The van der Waals surface area contributed by atoms with Crippen LogP contribution in [0.1, 0.15) is 10.4 Å². The van der Waals surface area contributed by atoms with Gasteiger partial charge in [-0.1, -0.05) is 11.6 Å². The zero-order chi connectivity index (χ0) is 16.5. The summed E-state index contributed by atoms with van der Waals surface area (Å²) < 4.78 is 14.1. The fourth-order valence-corrected chi connectivity index (χ4v) is 1.57. The number of halogens is 1. The highest BCUT2D eigenvalue weighted by atomic mass is 35.5. The lowest BCUT2D eigenvalue weighted by Crippen LogP contribution is -2.43. The number of rotatable bonds is 6. The first-order valence-corrected chi connectivity index (χ1v) is 6.43. The number of benzene rings is 1. The molecule has 1 rings (SSSR count). The molecule has 22 heavy (non-hydrogen) atoms. The number of carbonyl (C=O) groups is 3. The highest BCUT2D eigenvalue weighted by molar-refractivity contribution is 6.31. The molecular formula is C13H15ClN2O6. The molecule has 0 aromatic heterocycles. The topological polar surface area (TPSA) is 103 Å². The van der Waals surface area contributed by atoms with Gasteiger partial charge in [0.05, 0.1) is 12.7 Å². The summed E-state index contributed by atoms with van der Waals surface area (Å²) in [5.41, 5.74) is 4.40. The maximum Gasteiger partial charge on any atom is 0.332 e. The molecule has 1 aromatic carbocycles. The minimum Gasteiger partial charge on any atom is -0.496 e. The van der Waals surface area contributed by atoms with Gasteiger partial charge < -0.3 is 14.2 Å². The molecular weight excluding hydrogens is 316 g/mol. The van der Waals surface area contributed by atoms with Gasteiger partial charge in [0.25, 0.3) is 11.8 Å². The van der Waals surface area contributed by atoms with E-state index in [2.05, 4.69) is 20.3 Å². The fraction of sp³-hybridized carbons (Fsp3) is 0.308. The Morgan fingerprint density at radius 3 is 2.50 bits per heavy atom. The lowest BCUT2D eigenvalue weighted by atomic mass is 10.2. The van der Waals surface area contributed by atoms with E-state index in [-0.39, 0.29) is 12.2 Å². The van der Waals surface area contributed by atoms with E-state index in [1.165, 1.54) is 26.4 Å². The van der Waals surface area contributed by atoms with Crippen molar-refractivity contribution in [2.24, 2.45) is 0 Å². The monoisotopic (exact) mass is 330 g/mol. The van der Waals surface area contributed by atoms with Gasteiger partial charge in [0.1, 0.15) is 12.4 Å². The predicted octanol–water partition coefficient (Wildman–Crippen LogP) is 0.299. The predicted molar refractivity (Wildman–Crippen MR) is 76.4 cm³/mol. The third-order valence-electron chi connectivity index (χ3n) is 2.35. The molecule has 0 unspecified atom stereocenters. The summed E-state index contributed by atoms with van der Waals surface area (Å²) in [5.74, 6) is -1.74. The zero-order valence-electron chi connectivity index (χ0n) is 12.0. The normalized spacial score (nSPS) is 9.77. The van der Waals surface area contributed by atoms with Crippen molar-refractivity contribution in [3.63, 3.8) is 0 Å². The van der Waals surface area contributed by atoms with Crippen LogP contribution < -0.4 is 15.6 Å². The quantitative estimate of drug-likeness (QED) is 0.574. The lowest BCUT2D eigenvalue weighted by Gasteiger charge is -2.10. The molecule has 0 heterocycles. The van der Waals surface area contributed by atoms with Crippen LogP contribution in [-0.2, 0) is 19.1 Å². The van der Waals surface area contributed by atoms with Crippen LogP contribution in [0.3, 0.4) is 0 Å². The first kappa shape index (κ1) is 17.7. The van der Waals surface area contributed by atoms with E-state index in [9.17, 15) is 14.4 Å². The minimum atomic E-state index is -0.709. The largest absolute Gasteiger partial charge is 0.496 e. The van der Waals surface area contributed by atoms with E-state index in [1.807, 2.05) is 0 Å². The number of ether oxygens (including phenoxy) is 3. The number of hydrazine groups is 1. The van der Waals surface area contributed by atoms with Crippen molar-refractivity contribution in [3.8, 4) is 5.75 Å². The SMILES string of the molecule is COCC(=O)OCC(=O)NNC(=O)c1cc(Cl)ccc1OC. The Labute approximate surface area is 131 Å². The Kier molecular flexibility index (Phi) is 7.14. The van der Waals surface area contributed by atoms with E-state index in [4.69, 9.17) is 16.3 Å². The molecule has 0 aliphatic rings. The van der Waals surface area contributed by atoms with E-state index < -0.39 is 24.4 Å². The van der Waals surface area contributed by atoms with Crippen molar-refractivity contribution in [1.82, 2.24) is 10.9 Å². The molecule has 2 N–H and O–H groups in total. The summed E-state index contributed by atoms with van der Waals surface area (Å²) in [5, 5.41) is 0.339. The van der Waals surface area contributed by atoms with Crippen molar-refractivity contribution in [3.05, 3.63) is 28.8 Å². The average molecular weight is 331 g/mol. The number of esters is 1. The van der Waals surface area contributed by atoms with Gasteiger partial charge in [-0.2, -0.15) is 0 Å². The lowest BCUT2D eigenvalue weighted by molar-refractivity contribution is -0.152. The van der Waals surface area contributed by atoms with Gasteiger partial charge in [0.2, 0.25) is 0 Å². The molecule has 0 saturated heterocycles.